The van der Waals surface area contributed by atoms with Crippen LogP contribution in [-0.4, -0.2) is 39.8 Å². The van der Waals surface area contributed by atoms with Gasteiger partial charge in [-0.1, -0.05) is 6.08 Å². The number of nitrogens with one attached hydrogen (secondary N) is 1. The first kappa shape index (κ1) is 25.5. The summed E-state index contributed by atoms with van der Waals surface area (Å²) in [5.74, 6) is -1.84. The fraction of sp³-hybridized carbons (Fsp3) is 0.280. The monoisotopic (exact) mass is 542 g/mol. The summed E-state index contributed by atoms with van der Waals surface area (Å²) in [6, 6.07) is 5.80. The van der Waals surface area contributed by atoms with Gasteiger partial charge >= 0.3 is 6.18 Å². The number of amidine groups is 1. The second-order valence-electron chi connectivity index (χ2n) is 8.92. The predicted molar refractivity (Wildman–Crippen MR) is 133 cm³/mol. The van der Waals surface area contributed by atoms with E-state index in [2.05, 4.69) is 15.3 Å². The van der Waals surface area contributed by atoms with E-state index in [9.17, 15) is 22.8 Å². The zero-order valence-electron chi connectivity index (χ0n) is 19.5. The van der Waals surface area contributed by atoms with E-state index < -0.39 is 40.6 Å². The number of anilines is 2. The molecule has 0 bridgehead atoms. The number of carbonyl (C=O) groups excluding carboxylic acids is 2. The number of alkyl halides is 3. The quantitative estimate of drug-likeness (QED) is 0.460. The molecule has 2 aliphatic heterocycles. The SMILES string of the molecule is N#Cc1ncc(N2C(=O)C3(CCC3)N(c3ccc(C(=O)NC4=NCCC=C4)c(F)c3)C2=S)cc1C(F)(F)F. The molecule has 1 spiro atoms. The Morgan fingerprint density at radius 2 is 1.97 bits per heavy atom. The molecule has 5 rings (SSSR count). The van der Waals surface area contributed by atoms with E-state index in [0.29, 0.717) is 37.7 Å². The van der Waals surface area contributed by atoms with Crippen molar-refractivity contribution in [1.82, 2.24) is 10.3 Å². The number of aromatic nitrogens is 1. The van der Waals surface area contributed by atoms with Crippen molar-refractivity contribution in [2.45, 2.75) is 37.4 Å². The first-order valence-electron chi connectivity index (χ1n) is 11.5. The molecular formula is C25H18F4N6O2S. The van der Waals surface area contributed by atoms with Crippen LogP contribution in [0.5, 0.6) is 0 Å². The van der Waals surface area contributed by atoms with Crippen molar-refractivity contribution >= 4 is 46.4 Å². The third-order valence-corrected chi connectivity index (χ3v) is 7.05. The van der Waals surface area contributed by atoms with Gasteiger partial charge in [0, 0.05) is 12.2 Å². The van der Waals surface area contributed by atoms with E-state index in [1.165, 1.54) is 23.1 Å². The molecule has 0 unspecified atom stereocenters. The summed E-state index contributed by atoms with van der Waals surface area (Å²) >= 11 is 5.52. The molecule has 2 amide bonds. The number of nitriles is 1. The molecule has 1 N–H and O–H groups in total. The lowest BCUT2D eigenvalue weighted by atomic mass is 9.75. The van der Waals surface area contributed by atoms with Crippen LogP contribution in [0.4, 0.5) is 28.9 Å². The van der Waals surface area contributed by atoms with Gasteiger partial charge in [0.15, 0.2) is 10.8 Å². The Morgan fingerprint density at radius 1 is 1.21 bits per heavy atom. The molecule has 0 atom stereocenters. The van der Waals surface area contributed by atoms with Gasteiger partial charge < -0.3 is 10.2 Å². The number of hydrogen-bond donors (Lipinski definition) is 1. The van der Waals surface area contributed by atoms with Crippen LogP contribution < -0.4 is 15.1 Å². The van der Waals surface area contributed by atoms with Gasteiger partial charge in [0.25, 0.3) is 11.8 Å². The van der Waals surface area contributed by atoms with E-state index in [1.54, 1.807) is 6.08 Å². The fourth-order valence-corrected chi connectivity index (χ4v) is 5.16. The van der Waals surface area contributed by atoms with Gasteiger partial charge in [-0.2, -0.15) is 18.4 Å². The Morgan fingerprint density at radius 3 is 2.55 bits per heavy atom. The summed E-state index contributed by atoms with van der Waals surface area (Å²) in [5.41, 5.74) is -3.67. The Kier molecular flexibility index (Phi) is 6.22. The topological polar surface area (TPSA) is 102 Å². The average molecular weight is 543 g/mol. The predicted octanol–water partition coefficient (Wildman–Crippen LogP) is 4.26. The van der Waals surface area contributed by atoms with Gasteiger partial charge in [-0.05, 0) is 68.2 Å². The Labute approximate surface area is 219 Å². The lowest BCUT2D eigenvalue weighted by molar-refractivity contribution is -0.138. The maximum Gasteiger partial charge on any atom is 0.419 e. The minimum absolute atomic E-state index is 0.160. The molecule has 2 aromatic rings. The molecule has 1 saturated heterocycles. The number of amides is 2. The molecule has 3 aliphatic rings. The van der Waals surface area contributed by atoms with E-state index in [1.807, 2.05) is 6.08 Å². The number of dihydropyridines is 1. The lowest BCUT2D eigenvalue weighted by Gasteiger charge is -2.43. The van der Waals surface area contributed by atoms with E-state index >= 15 is 4.39 Å². The summed E-state index contributed by atoms with van der Waals surface area (Å²) in [6.07, 6.45) is 1.62. The molecule has 2 fully saturated rings. The standard InChI is InChI=1S/C25H18F4N6O2S/c26-18-11-14(5-6-16(18)21(36)33-20-4-1-2-9-31-20)35-23(38)34(22(37)24(35)7-3-8-24)15-10-17(25(27,28)29)19(12-30)32-13-15/h1,4-6,10-11,13H,2-3,7-9H2,(H,31,33,36). The van der Waals surface area contributed by atoms with Crippen molar-refractivity contribution in [2.24, 2.45) is 4.99 Å². The lowest BCUT2D eigenvalue weighted by Crippen LogP contribution is -2.55. The highest BCUT2D eigenvalue weighted by Crippen LogP contribution is 2.48. The molecule has 38 heavy (non-hydrogen) atoms. The molecule has 194 valence electrons. The number of nitrogens with zero attached hydrogens (tertiary/aromatic N) is 5. The largest absolute Gasteiger partial charge is 0.419 e. The van der Waals surface area contributed by atoms with E-state index in [0.717, 1.165) is 23.6 Å². The van der Waals surface area contributed by atoms with E-state index in [-0.39, 0.29) is 22.1 Å². The molecule has 1 aromatic carbocycles. The van der Waals surface area contributed by atoms with Crippen molar-refractivity contribution in [3.63, 3.8) is 0 Å². The smallest absolute Gasteiger partial charge is 0.307 e. The highest BCUT2D eigenvalue weighted by molar-refractivity contribution is 7.81. The number of pyridine rings is 1. The van der Waals surface area contributed by atoms with Gasteiger partial charge in [0.2, 0.25) is 0 Å². The minimum Gasteiger partial charge on any atom is -0.307 e. The van der Waals surface area contributed by atoms with Crippen LogP contribution in [0, 0.1) is 17.1 Å². The zero-order chi connectivity index (χ0) is 27.2. The second-order valence-corrected chi connectivity index (χ2v) is 9.28. The Balaban J connectivity index is 1.49. The van der Waals surface area contributed by atoms with Crippen molar-refractivity contribution in [2.75, 3.05) is 16.3 Å². The van der Waals surface area contributed by atoms with Crippen molar-refractivity contribution in [3.05, 3.63) is 65.3 Å². The summed E-state index contributed by atoms with van der Waals surface area (Å²) in [6.45, 7) is 0.506. The summed E-state index contributed by atoms with van der Waals surface area (Å²) < 4.78 is 55.8. The van der Waals surface area contributed by atoms with Crippen LogP contribution in [-0.2, 0) is 11.0 Å². The molecule has 13 heteroatoms. The Bertz CT molecular complexity index is 1480. The highest BCUT2D eigenvalue weighted by atomic mass is 32.1. The molecule has 1 aromatic heterocycles. The normalized spacial score (nSPS) is 18.3. The van der Waals surface area contributed by atoms with Gasteiger partial charge in [-0.15, -0.1) is 0 Å². The first-order chi connectivity index (χ1) is 18.1. The third-order valence-electron chi connectivity index (χ3n) is 6.69. The number of thiocarbonyl (C=S) groups is 1. The second kappa shape index (κ2) is 9.29. The van der Waals surface area contributed by atoms with Gasteiger partial charge in [0.05, 0.1) is 23.0 Å². The van der Waals surface area contributed by atoms with Crippen LogP contribution in [0.15, 0.2) is 47.6 Å². The maximum absolute atomic E-state index is 15.1. The number of carbonyl (C=O) groups is 2. The van der Waals surface area contributed by atoms with Crippen molar-refractivity contribution in [1.29, 1.82) is 5.26 Å². The van der Waals surface area contributed by atoms with Gasteiger partial charge in [-0.3, -0.25) is 19.5 Å². The molecule has 1 aliphatic carbocycles. The average Bonchev–Trinajstić information content (AvgIpc) is 3.10. The van der Waals surface area contributed by atoms with Gasteiger partial charge in [0.1, 0.15) is 23.3 Å². The number of hydrogen-bond acceptors (Lipinski definition) is 6. The molecule has 1 saturated carbocycles. The van der Waals surface area contributed by atoms with Crippen molar-refractivity contribution < 1.29 is 27.2 Å². The molecule has 0 radical (unpaired) electrons. The first-order valence-corrected chi connectivity index (χ1v) is 12.0. The highest BCUT2D eigenvalue weighted by Gasteiger charge is 2.60. The Hall–Kier alpha value is -4.18. The zero-order valence-corrected chi connectivity index (χ0v) is 20.4. The van der Waals surface area contributed by atoms with Crippen LogP contribution in [0.2, 0.25) is 0 Å². The third kappa shape index (κ3) is 4.10. The van der Waals surface area contributed by atoms with E-state index in [4.69, 9.17) is 17.5 Å². The molecule has 8 nitrogen and oxygen atoms in total. The number of halogens is 4. The van der Waals surface area contributed by atoms with Crippen LogP contribution in [0.25, 0.3) is 0 Å². The van der Waals surface area contributed by atoms with Crippen molar-refractivity contribution in [3.8, 4) is 6.07 Å². The number of rotatable bonds is 3. The van der Waals surface area contributed by atoms with Gasteiger partial charge in [-0.25, -0.2) is 9.37 Å². The minimum atomic E-state index is -4.88. The molecule has 3 heterocycles. The number of benzene rings is 1. The van der Waals surface area contributed by atoms with Crippen LogP contribution in [0.1, 0.15) is 47.3 Å². The maximum atomic E-state index is 15.1. The van der Waals surface area contributed by atoms with Crippen LogP contribution in [0.3, 0.4) is 0 Å². The summed E-state index contributed by atoms with van der Waals surface area (Å²) in [7, 11) is 0. The van der Waals surface area contributed by atoms with Crippen LogP contribution >= 0.6 is 12.2 Å². The summed E-state index contributed by atoms with van der Waals surface area (Å²) in [5, 5.41) is 11.4. The fourth-order valence-electron chi connectivity index (χ4n) is 4.69. The molecular weight excluding hydrogens is 524 g/mol. The number of aliphatic imine (C=N–C) groups is 1. The summed E-state index contributed by atoms with van der Waals surface area (Å²) in [4.78, 5) is 36.2.